The third kappa shape index (κ3) is 3.94. The minimum Gasteiger partial charge on any atom is -0.404 e. The Balaban J connectivity index is 1.89. The molecule has 9 heteroatoms. The van der Waals surface area contributed by atoms with Crippen LogP contribution in [0.3, 0.4) is 0 Å². The molecule has 0 saturated carbocycles. The predicted molar refractivity (Wildman–Crippen MR) is 111 cm³/mol. The number of rotatable bonds is 7. The van der Waals surface area contributed by atoms with Crippen molar-refractivity contribution in [2.45, 2.75) is 19.6 Å². The SMILES string of the molecule is CN=CC(=CN)c1cnc(N)c(N[C@H](C)c2ccc3ncc(COC)n3c2)n1. The summed E-state index contributed by atoms with van der Waals surface area (Å²) in [5, 5.41) is 3.32. The first-order valence-corrected chi connectivity index (χ1v) is 8.75. The number of allylic oxidation sites excluding steroid dienone is 1. The average molecular weight is 380 g/mol. The van der Waals surface area contributed by atoms with Gasteiger partial charge in [-0.15, -0.1) is 0 Å². The standard InChI is InChI=1S/C19H24N8O/c1-12(13-4-5-17-23-8-15(11-28-3)27(17)10-13)25-19-18(21)24-9-16(26-19)14(6-20)7-22-2/h4-10,12H,11,20H2,1-3H3,(H2,21,24)(H,25,26)/t12-/m1/s1. The summed E-state index contributed by atoms with van der Waals surface area (Å²) in [7, 11) is 3.33. The molecule has 1 atom stereocenters. The summed E-state index contributed by atoms with van der Waals surface area (Å²) < 4.78 is 7.24. The van der Waals surface area contributed by atoms with Crippen molar-refractivity contribution in [3.8, 4) is 0 Å². The van der Waals surface area contributed by atoms with Gasteiger partial charge < -0.3 is 25.9 Å². The monoisotopic (exact) mass is 380 g/mol. The van der Waals surface area contributed by atoms with Crippen molar-refractivity contribution in [1.82, 2.24) is 19.4 Å². The number of pyridine rings is 1. The van der Waals surface area contributed by atoms with E-state index in [1.165, 1.54) is 6.20 Å². The van der Waals surface area contributed by atoms with Crippen molar-refractivity contribution in [2.75, 3.05) is 25.2 Å². The lowest BCUT2D eigenvalue weighted by Gasteiger charge is -2.17. The van der Waals surface area contributed by atoms with Crippen LogP contribution in [0.25, 0.3) is 11.2 Å². The van der Waals surface area contributed by atoms with Gasteiger partial charge in [-0.1, -0.05) is 6.07 Å². The van der Waals surface area contributed by atoms with E-state index in [0.29, 0.717) is 29.5 Å². The summed E-state index contributed by atoms with van der Waals surface area (Å²) in [5.74, 6) is 0.792. The Morgan fingerprint density at radius 3 is 2.89 bits per heavy atom. The number of imidazole rings is 1. The van der Waals surface area contributed by atoms with Crippen LogP contribution in [0.2, 0.25) is 0 Å². The molecule has 0 aliphatic rings. The largest absolute Gasteiger partial charge is 0.404 e. The zero-order valence-electron chi connectivity index (χ0n) is 16.1. The number of nitrogen functional groups attached to an aromatic ring is 1. The van der Waals surface area contributed by atoms with Crippen molar-refractivity contribution in [2.24, 2.45) is 10.7 Å². The van der Waals surface area contributed by atoms with E-state index in [1.807, 2.05) is 35.9 Å². The van der Waals surface area contributed by atoms with Crippen LogP contribution in [0.15, 0.2) is 41.9 Å². The van der Waals surface area contributed by atoms with Crippen LogP contribution in [0.1, 0.15) is 29.9 Å². The Bertz CT molecular complexity index is 1020. The van der Waals surface area contributed by atoms with Crippen LogP contribution in [0.5, 0.6) is 0 Å². The van der Waals surface area contributed by atoms with E-state index in [0.717, 1.165) is 16.9 Å². The number of aromatic nitrogens is 4. The highest BCUT2D eigenvalue weighted by atomic mass is 16.5. The van der Waals surface area contributed by atoms with Gasteiger partial charge in [0, 0.05) is 38.3 Å². The van der Waals surface area contributed by atoms with Crippen LogP contribution in [0, 0.1) is 0 Å². The molecular formula is C19H24N8O. The molecule has 0 spiro atoms. The summed E-state index contributed by atoms with van der Waals surface area (Å²) in [6.45, 7) is 2.51. The van der Waals surface area contributed by atoms with Crippen molar-refractivity contribution in [1.29, 1.82) is 0 Å². The molecule has 28 heavy (non-hydrogen) atoms. The Labute approximate surface area is 163 Å². The van der Waals surface area contributed by atoms with Gasteiger partial charge in [0.1, 0.15) is 5.65 Å². The van der Waals surface area contributed by atoms with Crippen molar-refractivity contribution >= 4 is 29.1 Å². The molecule has 0 saturated heterocycles. The van der Waals surface area contributed by atoms with Gasteiger partial charge in [0.25, 0.3) is 0 Å². The van der Waals surface area contributed by atoms with E-state index >= 15 is 0 Å². The normalized spacial score (nSPS) is 13.3. The lowest BCUT2D eigenvalue weighted by molar-refractivity contribution is 0.181. The summed E-state index contributed by atoms with van der Waals surface area (Å²) in [6, 6.07) is 3.91. The maximum absolute atomic E-state index is 6.02. The van der Waals surface area contributed by atoms with Crippen LogP contribution in [-0.2, 0) is 11.3 Å². The fourth-order valence-electron chi connectivity index (χ4n) is 2.82. The molecule has 3 aromatic heterocycles. The molecule has 0 fully saturated rings. The number of methoxy groups -OCH3 is 1. The third-order valence-corrected chi connectivity index (χ3v) is 4.29. The minimum atomic E-state index is -0.0702. The van der Waals surface area contributed by atoms with E-state index in [4.69, 9.17) is 16.2 Å². The Hall–Kier alpha value is -3.46. The summed E-state index contributed by atoms with van der Waals surface area (Å²) >= 11 is 0. The summed E-state index contributed by atoms with van der Waals surface area (Å²) in [4.78, 5) is 17.1. The second kappa shape index (κ2) is 8.49. The first kappa shape index (κ1) is 19.3. The minimum absolute atomic E-state index is 0.0702. The quantitative estimate of drug-likeness (QED) is 0.535. The molecular weight excluding hydrogens is 356 g/mol. The number of nitrogens with zero attached hydrogens (tertiary/aromatic N) is 5. The zero-order chi connectivity index (χ0) is 20.1. The molecule has 0 amide bonds. The lowest BCUT2D eigenvalue weighted by Crippen LogP contribution is -2.13. The number of hydrogen-bond donors (Lipinski definition) is 3. The Morgan fingerprint density at radius 1 is 1.36 bits per heavy atom. The molecule has 0 aromatic carbocycles. The molecule has 0 aliphatic heterocycles. The van der Waals surface area contributed by atoms with E-state index in [1.54, 1.807) is 26.6 Å². The second-order valence-corrected chi connectivity index (χ2v) is 6.24. The number of ether oxygens (including phenoxy) is 1. The van der Waals surface area contributed by atoms with Crippen LogP contribution in [-0.4, -0.2) is 39.7 Å². The van der Waals surface area contributed by atoms with Gasteiger partial charge in [0.2, 0.25) is 0 Å². The predicted octanol–water partition coefficient (Wildman–Crippen LogP) is 2.03. The molecule has 0 unspecified atom stereocenters. The maximum Gasteiger partial charge on any atom is 0.170 e. The van der Waals surface area contributed by atoms with Crippen LogP contribution in [0.4, 0.5) is 11.6 Å². The molecule has 3 heterocycles. The number of fused-ring (bicyclic) bond motifs is 1. The Kier molecular flexibility index (Phi) is 5.85. The molecule has 0 radical (unpaired) electrons. The van der Waals surface area contributed by atoms with Gasteiger partial charge in [-0.2, -0.15) is 0 Å². The third-order valence-electron chi connectivity index (χ3n) is 4.29. The number of aliphatic imine (C=N–C) groups is 1. The van der Waals surface area contributed by atoms with E-state index in [9.17, 15) is 0 Å². The van der Waals surface area contributed by atoms with E-state index in [-0.39, 0.29) is 6.04 Å². The van der Waals surface area contributed by atoms with Gasteiger partial charge in [-0.3, -0.25) is 4.99 Å². The summed E-state index contributed by atoms with van der Waals surface area (Å²) in [5.41, 5.74) is 15.8. The van der Waals surface area contributed by atoms with Gasteiger partial charge in [-0.05, 0) is 18.6 Å². The molecule has 9 nitrogen and oxygen atoms in total. The molecule has 146 valence electrons. The van der Waals surface area contributed by atoms with Crippen molar-refractivity contribution in [3.05, 3.63) is 53.9 Å². The van der Waals surface area contributed by atoms with Crippen LogP contribution < -0.4 is 16.8 Å². The molecule has 5 N–H and O–H groups in total. The van der Waals surface area contributed by atoms with Gasteiger partial charge in [-0.25, -0.2) is 15.0 Å². The van der Waals surface area contributed by atoms with Crippen molar-refractivity contribution in [3.63, 3.8) is 0 Å². The number of hydrogen-bond acceptors (Lipinski definition) is 8. The Morgan fingerprint density at radius 2 is 2.18 bits per heavy atom. The number of anilines is 2. The van der Waals surface area contributed by atoms with E-state index < -0.39 is 0 Å². The van der Waals surface area contributed by atoms with Gasteiger partial charge >= 0.3 is 0 Å². The topological polar surface area (TPSA) is 129 Å². The molecule has 0 aliphatic carbocycles. The number of nitrogens with two attached hydrogens (primary N) is 2. The molecule has 0 bridgehead atoms. The van der Waals surface area contributed by atoms with E-state index in [2.05, 4.69) is 25.3 Å². The molecule has 3 aromatic rings. The van der Waals surface area contributed by atoms with Gasteiger partial charge in [0.15, 0.2) is 11.6 Å². The maximum atomic E-state index is 6.02. The first-order valence-electron chi connectivity index (χ1n) is 8.75. The highest BCUT2D eigenvalue weighted by molar-refractivity contribution is 6.08. The highest BCUT2D eigenvalue weighted by Crippen LogP contribution is 2.23. The first-order chi connectivity index (χ1) is 13.6. The second-order valence-electron chi connectivity index (χ2n) is 6.24. The smallest absolute Gasteiger partial charge is 0.170 e. The zero-order valence-corrected chi connectivity index (χ0v) is 16.1. The average Bonchev–Trinajstić information content (AvgIpc) is 3.10. The van der Waals surface area contributed by atoms with Gasteiger partial charge in [0.05, 0.1) is 36.4 Å². The fraction of sp³-hybridized carbons (Fsp3) is 0.263. The van der Waals surface area contributed by atoms with Crippen molar-refractivity contribution < 1.29 is 4.74 Å². The lowest BCUT2D eigenvalue weighted by atomic mass is 10.1. The fourth-order valence-corrected chi connectivity index (χ4v) is 2.82. The van der Waals surface area contributed by atoms with Crippen LogP contribution >= 0.6 is 0 Å². The molecule has 3 rings (SSSR count). The highest BCUT2D eigenvalue weighted by Gasteiger charge is 2.13. The summed E-state index contributed by atoms with van der Waals surface area (Å²) in [6.07, 6.45) is 8.46. The number of nitrogens with one attached hydrogen (secondary N) is 1.